The normalized spacial score (nSPS) is 11.4. The fraction of sp³-hybridized carbons (Fsp3) is 0.615. The van der Waals surface area contributed by atoms with Gasteiger partial charge in [-0.2, -0.15) is 5.10 Å². The summed E-state index contributed by atoms with van der Waals surface area (Å²) in [5, 5.41) is 15.9. The lowest BCUT2D eigenvalue weighted by molar-refractivity contribution is -0.153. The Bertz CT molecular complexity index is 477. The van der Waals surface area contributed by atoms with E-state index in [4.69, 9.17) is 5.11 Å². The zero-order valence-corrected chi connectivity index (χ0v) is 11.9. The monoisotopic (exact) mass is 267 g/mol. The molecular weight excluding hydrogens is 246 g/mol. The lowest BCUT2D eigenvalue weighted by atomic mass is 9.93. The second-order valence-electron chi connectivity index (χ2n) is 5.19. The molecule has 1 rings (SSSR count). The minimum Gasteiger partial charge on any atom is -0.480 e. The highest BCUT2D eigenvalue weighted by Gasteiger charge is 2.35. The van der Waals surface area contributed by atoms with Crippen LogP contribution < -0.4 is 5.32 Å². The Kier molecular flexibility index (Phi) is 4.69. The molecule has 0 atom stereocenters. The maximum atomic E-state index is 11.7. The number of amides is 1. The zero-order valence-electron chi connectivity index (χ0n) is 11.9. The van der Waals surface area contributed by atoms with E-state index in [2.05, 4.69) is 10.4 Å². The van der Waals surface area contributed by atoms with Gasteiger partial charge in [-0.25, -0.2) is 0 Å². The first-order chi connectivity index (χ1) is 8.75. The van der Waals surface area contributed by atoms with Crippen LogP contribution in [-0.2, 0) is 16.1 Å². The second-order valence-corrected chi connectivity index (χ2v) is 5.19. The molecule has 1 aromatic heterocycles. The van der Waals surface area contributed by atoms with Gasteiger partial charge in [0.15, 0.2) is 0 Å². The highest BCUT2D eigenvalue weighted by atomic mass is 16.4. The van der Waals surface area contributed by atoms with E-state index in [0.29, 0.717) is 19.5 Å². The van der Waals surface area contributed by atoms with E-state index >= 15 is 0 Å². The molecule has 6 nitrogen and oxygen atoms in total. The Labute approximate surface area is 112 Å². The second kappa shape index (κ2) is 5.86. The molecule has 0 aliphatic rings. The highest BCUT2D eigenvalue weighted by molar-refractivity contribution is 6.00. The zero-order chi connectivity index (χ0) is 14.6. The van der Waals surface area contributed by atoms with E-state index in [9.17, 15) is 9.59 Å². The summed E-state index contributed by atoms with van der Waals surface area (Å²) in [4.78, 5) is 22.6. The highest BCUT2D eigenvalue weighted by Crippen LogP contribution is 2.14. The molecule has 0 radical (unpaired) electrons. The van der Waals surface area contributed by atoms with Gasteiger partial charge in [0.1, 0.15) is 5.41 Å². The van der Waals surface area contributed by atoms with E-state index in [1.54, 1.807) is 0 Å². The number of carbonyl (C=O) groups is 2. The van der Waals surface area contributed by atoms with Crippen molar-refractivity contribution in [2.24, 2.45) is 5.41 Å². The third-order valence-electron chi connectivity index (χ3n) is 3.04. The number of aryl methyl sites for hydroxylation is 3. The van der Waals surface area contributed by atoms with Crippen molar-refractivity contribution in [2.75, 3.05) is 6.54 Å². The number of nitrogens with one attached hydrogen (secondary N) is 1. The third-order valence-corrected chi connectivity index (χ3v) is 3.04. The molecule has 1 amide bonds. The first kappa shape index (κ1) is 15.2. The number of hydrogen-bond donors (Lipinski definition) is 2. The fourth-order valence-corrected chi connectivity index (χ4v) is 1.65. The van der Waals surface area contributed by atoms with Crippen LogP contribution in [-0.4, -0.2) is 33.3 Å². The topological polar surface area (TPSA) is 84.2 Å². The van der Waals surface area contributed by atoms with Crippen LogP contribution in [0.5, 0.6) is 0 Å². The van der Waals surface area contributed by atoms with Crippen molar-refractivity contribution in [3.63, 3.8) is 0 Å². The SMILES string of the molecule is Cc1cc(C)n(CCCNC(=O)C(C)(C)C(=O)O)n1. The van der Waals surface area contributed by atoms with Crippen molar-refractivity contribution in [1.29, 1.82) is 0 Å². The van der Waals surface area contributed by atoms with E-state index in [-0.39, 0.29) is 0 Å². The van der Waals surface area contributed by atoms with Crippen LogP contribution in [0.2, 0.25) is 0 Å². The number of carboxylic acid groups (broad SMARTS) is 1. The van der Waals surface area contributed by atoms with Crippen molar-refractivity contribution in [3.05, 3.63) is 17.5 Å². The van der Waals surface area contributed by atoms with Crippen LogP contribution in [0, 0.1) is 19.3 Å². The summed E-state index contributed by atoms with van der Waals surface area (Å²) in [7, 11) is 0. The molecule has 0 spiro atoms. The minimum atomic E-state index is -1.39. The Hall–Kier alpha value is -1.85. The number of carbonyl (C=O) groups excluding carboxylic acids is 1. The molecule has 6 heteroatoms. The van der Waals surface area contributed by atoms with Gasteiger partial charge in [0.25, 0.3) is 0 Å². The summed E-state index contributed by atoms with van der Waals surface area (Å²) in [6.45, 7) is 7.84. The average molecular weight is 267 g/mol. The van der Waals surface area contributed by atoms with Crippen LogP contribution in [0.25, 0.3) is 0 Å². The Balaban J connectivity index is 2.38. The lowest BCUT2D eigenvalue weighted by Gasteiger charge is -2.18. The van der Waals surface area contributed by atoms with Crippen LogP contribution in [0.1, 0.15) is 31.7 Å². The molecule has 0 saturated carbocycles. The van der Waals surface area contributed by atoms with E-state index in [0.717, 1.165) is 11.4 Å². The molecule has 2 N–H and O–H groups in total. The molecule has 0 aromatic carbocycles. The molecule has 1 heterocycles. The fourth-order valence-electron chi connectivity index (χ4n) is 1.65. The first-order valence-electron chi connectivity index (χ1n) is 6.28. The lowest BCUT2D eigenvalue weighted by Crippen LogP contribution is -2.42. The number of hydrogen-bond acceptors (Lipinski definition) is 3. The number of nitrogens with zero attached hydrogens (tertiary/aromatic N) is 2. The van der Waals surface area contributed by atoms with Crippen LogP contribution in [0.15, 0.2) is 6.07 Å². The molecule has 106 valence electrons. The standard InChI is InChI=1S/C13H21N3O3/c1-9-8-10(2)16(15-9)7-5-6-14-11(17)13(3,4)12(18)19/h8H,5-7H2,1-4H3,(H,14,17)(H,18,19). The maximum Gasteiger partial charge on any atom is 0.318 e. The smallest absolute Gasteiger partial charge is 0.318 e. The van der Waals surface area contributed by atoms with Gasteiger partial charge in [0.2, 0.25) is 5.91 Å². The van der Waals surface area contributed by atoms with Gasteiger partial charge < -0.3 is 10.4 Å². The first-order valence-corrected chi connectivity index (χ1v) is 6.28. The maximum absolute atomic E-state index is 11.7. The summed E-state index contributed by atoms with van der Waals surface area (Å²) in [6, 6.07) is 1.99. The quantitative estimate of drug-likeness (QED) is 0.597. The molecular formula is C13H21N3O3. The van der Waals surface area contributed by atoms with Crippen LogP contribution in [0.4, 0.5) is 0 Å². The van der Waals surface area contributed by atoms with E-state index in [1.165, 1.54) is 13.8 Å². The molecule has 0 fully saturated rings. The number of rotatable bonds is 6. The predicted molar refractivity (Wildman–Crippen MR) is 70.7 cm³/mol. The molecule has 0 bridgehead atoms. The summed E-state index contributed by atoms with van der Waals surface area (Å²) >= 11 is 0. The summed E-state index contributed by atoms with van der Waals surface area (Å²) < 4.78 is 1.88. The Morgan fingerprint density at radius 1 is 1.42 bits per heavy atom. The number of aromatic nitrogens is 2. The van der Waals surface area contributed by atoms with Crippen molar-refractivity contribution < 1.29 is 14.7 Å². The largest absolute Gasteiger partial charge is 0.480 e. The number of carboxylic acids is 1. The van der Waals surface area contributed by atoms with E-state index in [1.807, 2.05) is 24.6 Å². The van der Waals surface area contributed by atoms with Crippen LogP contribution in [0.3, 0.4) is 0 Å². The van der Waals surface area contributed by atoms with Crippen molar-refractivity contribution in [3.8, 4) is 0 Å². The molecule has 0 saturated heterocycles. The molecule has 19 heavy (non-hydrogen) atoms. The van der Waals surface area contributed by atoms with Gasteiger partial charge in [0.05, 0.1) is 5.69 Å². The van der Waals surface area contributed by atoms with Gasteiger partial charge in [-0.05, 0) is 40.2 Å². The molecule has 0 unspecified atom stereocenters. The average Bonchev–Trinajstić information content (AvgIpc) is 2.62. The van der Waals surface area contributed by atoms with Crippen molar-refractivity contribution in [1.82, 2.24) is 15.1 Å². The number of aliphatic carboxylic acids is 1. The molecule has 0 aliphatic heterocycles. The van der Waals surface area contributed by atoms with Gasteiger partial charge >= 0.3 is 5.97 Å². The van der Waals surface area contributed by atoms with Crippen molar-refractivity contribution in [2.45, 2.75) is 40.7 Å². The summed E-state index contributed by atoms with van der Waals surface area (Å²) in [5.74, 6) is -1.59. The van der Waals surface area contributed by atoms with Gasteiger partial charge in [-0.3, -0.25) is 14.3 Å². The predicted octanol–water partition coefficient (Wildman–Crippen LogP) is 1.12. The van der Waals surface area contributed by atoms with Gasteiger partial charge in [-0.15, -0.1) is 0 Å². The Morgan fingerprint density at radius 3 is 2.53 bits per heavy atom. The van der Waals surface area contributed by atoms with Gasteiger partial charge in [-0.1, -0.05) is 0 Å². The van der Waals surface area contributed by atoms with E-state index < -0.39 is 17.3 Å². The van der Waals surface area contributed by atoms with Crippen LogP contribution >= 0.6 is 0 Å². The molecule has 1 aromatic rings. The summed E-state index contributed by atoms with van der Waals surface area (Å²) in [5.41, 5.74) is 0.654. The Morgan fingerprint density at radius 2 is 2.05 bits per heavy atom. The minimum absolute atomic E-state index is 0.438. The summed E-state index contributed by atoms with van der Waals surface area (Å²) in [6.07, 6.45) is 0.712. The molecule has 0 aliphatic carbocycles. The third kappa shape index (κ3) is 3.81. The van der Waals surface area contributed by atoms with Crippen molar-refractivity contribution >= 4 is 11.9 Å². The van der Waals surface area contributed by atoms with Gasteiger partial charge in [0, 0.05) is 18.8 Å².